The lowest BCUT2D eigenvalue weighted by molar-refractivity contribution is -0.113. The predicted molar refractivity (Wildman–Crippen MR) is 151 cm³/mol. The molecule has 0 aliphatic rings. The van der Waals surface area contributed by atoms with Crippen LogP contribution in [0.3, 0.4) is 0 Å². The van der Waals surface area contributed by atoms with Gasteiger partial charge in [-0.3, -0.25) is 20.3 Å². The second kappa shape index (κ2) is 13.2. The summed E-state index contributed by atoms with van der Waals surface area (Å²) in [6, 6.07) is 11.6. The van der Waals surface area contributed by atoms with Crippen LogP contribution in [-0.2, 0) is 11.3 Å². The van der Waals surface area contributed by atoms with Gasteiger partial charge in [0.2, 0.25) is 11.9 Å². The molecule has 10 nitrogen and oxygen atoms in total. The third kappa shape index (κ3) is 7.18. The summed E-state index contributed by atoms with van der Waals surface area (Å²) in [4.78, 5) is 37.9. The Balaban J connectivity index is 1.76. The van der Waals surface area contributed by atoms with Crippen LogP contribution in [0.25, 0.3) is 11.3 Å². The zero-order valence-corrected chi connectivity index (χ0v) is 23.2. The molecule has 3 aromatic rings. The second-order valence-corrected chi connectivity index (χ2v) is 9.70. The number of carbonyl (C=O) groups excluding carboxylic acids is 2. The lowest BCUT2D eigenvalue weighted by atomic mass is 10.1. The number of anilines is 1. The number of carboxylic acid groups (broad SMARTS) is 1. The number of aryl methyl sites for hydroxylation is 1. The third-order valence-electron chi connectivity index (χ3n) is 5.09. The van der Waals surface area contributed by atoms with E-state index in [1.807, 2.05) is 0 Å². The Labute approximate surface area is 236 Å². The fourth-order valence-electron chi connectivity index (χ4n) is 3.31. The van der Waals surface area contributed by atoms with Crippen molar-refractivity contribution in [2.45, 2.75) is 13.5 Å². The zero-order chi connectivity index (χ0) is 27.8. The number of nitrogens with zero attached hydrogens (tertiary/aromatic N) is 2. The van der Waals surface area contributed by atoms with Crippen molar-refractivity contribution < 1.29 is 24.2 Å². The quantitative estimate of drug-likeness (QED) is 0.107. The number of amides is 3. The highest BCUT2D eigenvalue weighted by Crippen LogP contribution is 2.29. The molecule has 0 unspecified atom stereocenters. The number of rotatable bonds is 9. The molecule has 38 heavy (non-hydrogen) atoms. The number of hydrogen-bond donors (Lipinski definition) is 4. The van der Waals surface area contributed by atoms with Gasteiger partial charge < -0.3 is 15.2 Å². The van der Waals surface area contributed by atoms with Crippen molar-refractivity contribution in [3.63, 3.8) is 0 Å². The van der Waals surface area contributed by atoms with Crippen molar-refractivity contribution in [2.24, 2.45) is 0 Å². The van der Waals surface area contributed by atoms with E-state index >= 15 is 0 Å². The van der Waals surface area contributed by atoms with Crippen LogP contribution >= 0.6 is 39.1 Å². The molecule has 0 radical (unpaired) electrons. The van der Waals surface area contributed by atoms with Gasteiger partial charge >= 0.3 is 6.09 Å². The third-order valence-corrected chi connectivity index (χ3v) is 6.66. The number of hydrogen-bond acceptors (Lipinski definition) is 7. The second-order valence-electron chi connectivity index (χ2n) is 7.75. The van der Waals surface area contributed by atoms with Crippen LogP contribution in [0.2, 0.25) is 5.02 Å². The standard InChI is InChI=1S/C25H23BrClN5O5S/c1-3-10-37-17-7-5-16(6-8-17)22-21(14(2)38-31-22)23(34)30-24(28)32(25(35)36)13-15-4-9-19(18(27)11-15)29-20(33)12-26/h3-9,11H,1,10,12-13H2,2H3,(H,29,33)(H,35,36)(H2,28,30,34). The monoisotopic (exact) mass is 619 g/mol. The Morgan fingerprint density at radius 2 is 1.97 bits per heavy atom. The number of carbonyl (C=O) groups is 3. The summed E-state index contributed by atoms with van der Waals surface area (Å²) in [6.07, 6.45) is 0.184. The summed E-state index contributed by atoms with van der Waals surface area (Å²) in [6.45, 7) is 5.42. The molecule has 0 atom stereocenters. The SMILES string of the molecule is C=CCOc1ccc(-c2nsc(C)c2C(=O)NC(=N)N(Cc2ccc(NC(=O)CBr)c(Cl)c2)C(=O)O)cc1. The van der Waals surface area contributed by atoms with Gasteiger partial charge in [0, 0.05) is 10.4 Å². The molecule has 0 spiro atoms. The van der Waals surface area contributed by atoms with Gasteiger partial charge in [-0.05, 0) is 60.4 Å². The minimum absolute atomic E-state index is 0.0883. The van der Waals surface area contributed by atoms with Crippen molar-refractivity contribution in [2.75, 3.05) is 17.3 Å². The molecule has 1 aromatic heterocycles. The normalized spacial score (nSPS) is 10.4. The van der Waals surface area contributed by atoms with E-state index in [-0.39, 0.29) is 28.4 Å². The molecule has 0 aliphatic carbocycles. The summed E-state index contributed by atoms with van der Waals surface area (Å²) in [5.74, 6) is -0.977. The number of halogens is 2. The number of benzene rings is 2. The molecule has 0 bridgehead atoms. The van der Waals surface area contributed by atoms with E-state index in [0.29, 0.717) is 44.6 Å². The summed E-state index contributed by atoms with van der Waals surface area (Å²) in [5, 5.41) is 23.2. The molecular weight excluding hydrogens is 598 g/mol. The molecule has 1 heterocycles. The van der Waals surface area contributed by atoms with Crippen LogP contribution < -0.4 is 15.4 Å². The van der Waals surface area contributed by atoms with Crippen LogP contribution in [0.1, 0.15) is 20.8 Å². The van der Waals surface area contributed by atoms with E-state index in [9.17, 15) is 19.5 Å². The van der Waals surface area contributed by atoms with E-state index in [0.717, 1.165) is 11.5 Å². The molecule has 0 fully saturated rings. The molecule has 0 saturated carbocycles. The molecular formula is C25H23BrClN5O5S. The van der Waals surface area contributed by atoms with E-state index in [1.54, 1.807) is 43.3 Å². The van der Waals surface area contributed by atoms with E-state index in [2.05, 4.69) is 37.5 Å². The van der Waals surface area contributed by atoms with Crippen molar-refractivity contribution in [1.82, 2.24) is 14.6 Å². The van der Waals surface area contributed by atoms with E-state index in [1.165, 1.54) is 12.1 Å². The topological polar surface area (TPSA) is 145 Å². The number of nitrogens with one attached hydrogen (secondary N) is 3. The molecule has 0 aliphatic heterocycles. The molecule has 13 heteroatoms. The Hall–Kier alpha value is -3.74. The van der Waals surface area contributed by atoms with Crippen LogP contribution in [-0.4, -0.2) is 50.2 Å². The first kappa shape index (κ1) is 28.8. The van der Waals surface area contributed by atoms with Crippen LogP contribution in [0.5, 0.6) is 5.75 Å². The molecule has 0 saturated heterocycles. The van der Waals surface area contributed by atoms with Crippen molar-refractivity contribution in [3.05, 3.63) is 76.1 Å². The number of ether oxygens (including phenoxy) is 1. The molecule has 198 valence electrons. The van der Waals surface area contributed by atoms with Crippen molar-refractivity contribution >= 4 is 68.6 Å². The maximum Gasteiger partial charge on any atom is 0.414 e. The van der Waals surface area contributed by atoms with Crippen LogP contribution in [0.4, 0.5) is 10.5 Å². The largest absolute Gasteiger partial charge is 0.490 e. The van der Waals surface area contributed by atoms with Gasteiger partial charge in [-0.2, -0.15) is 4.37 Å². The van der Waals surface area contributed by atoms with E-state index < -0.39 is 18.0 Å². The Morgan fingerprint density at radius 3 is 2.58 bits per heavy atom. The maximum atomic E-state index is 13.1. The van der Waals surface area contributed by atoms with Gasteiger partial charge in [-0.25, -0.2) is 9.69 Å². The Kier molecular flexibility index (Phi) is 9.99. The van der Waals surface area contributed by atoms with Gasteiger partial charge in [0.15, 0.2) is 0 Å². The fraction of sp³-hybridized carbons (Fsp3) is 0.160. The first-order valence-electron chi connectivity index (χ1n) is 11.0. The van der Waals surface area contributed by atoms with Gasteiger partial charge in [-0.15, -0.1) is 0 Å². The summed E-state index contributed by atoms with van der Waals surface area (Å²) in [5.41, 5.74) is 2.11. The number of aromatic nitrogens is 1. The average Bonchev–Trinajstić information content (AvgIpc) is 3.28. The minimum atomic E-state index is -1.45. The lowest BCUT2D eigenvalue weighted by Gasteiger charge is -2.21. The number of guanidine groups is 1. The minimum Gasteiger partial charge on any atom is -0.490 e. The first-order valence-corrected chi connectivity index (χ1v) is 13.3. The average molecular weight is 621 g/mol. The summed E-state index contributed by atoms with van der Waals surface area (Å²) >= 11 is 10.4. The van der Waals surface area contributed by atoms with Crippen molar-refractivity contribution in [3.8, 4) is 17.0 Å². The summed E-state index contributed by atoms with van der Waals surface area (Å²) in [7, 11) is 0. The fourth-order valence-corrected chi connectivity index (χ4v) is 4.40. The first-order chi connectivity index (χ1) is 18.1. The molecule has 3 rings (SSSR count). The Morgan fingerprint density at radius 1 is 1.26 bits per heavy atom. The van der Waals surface area contributed by atoms with Crippen molar-refractivity contribution in [1.29, 1.82) is 5.41 Å². The maximum absolute atomic E-state index is 13.1. The lowest BCUT2D eigenvalue weighted by Crippen LogP contribution is -2.45. The molecule has 4 N–H and O–H groups in total. The van der Waals surface area contributed by atoms with Gasteiger partial charge in [0.25, 0.3) is 5.91 Å². The Bertz CT molecular complexity index is 1380. The highest BCUT2D eigenvalue weighted by Gasteiger charge is 2.25. The van der Waals surface area contributed by atoms with E-state index in [4.69, 9.17) is 21.7 Å². The van der Waals surface area contributed by atoms with Crippen LogP contribution in [0, 0.1) is 12.3 Å². The van der Waals surface area contributed by atoms with Gasteiger partial charge in [0.1, 0.15) is 12.4 Å². The highest BCUT2D eigenvalue weighted by atomic mass is 79.9. The number of alkyl halides is 1. The molecule has 3 amide bonds. The zero-order valence-electron chi connectivity index (χ0n) is 20.1. The highest BCUT2D eigenvalue weighted by molar-refractivity contribution is 9.09. The van der Waals surface area contributed by atoms with Crippen LogP contribution in [0.15, 0.2) is 55.1 Å². The summed E-state index contributed by atoms with van der Waals surface area (Å²) < 4.78 is 9.86. The van der Waals surface area contributed by atoms with Gasteiger partial charge in [-0.1, -0.05) is 46.3 Å². The van der Waals surface area contributed by atoms with Gasteiger partial charge in [0.05, 0.1) is 33.8 Å². The molecule has 2 aromatic carbocycles. The smallest absolute Gasteiger partial charge is 0.414 e. The predicted octanol–water partition coefficient (Wildman–Crippen LogP) is 5.51.